The summed E-state index contributed by atoms with van der Waals surface area (Å²) in [4.78, 5) is 14.8. The summed E-state index contributed by atoms with van der Waals surface area (Å²) in [6, 6.07) is 12.2. The molecule has 0 spiro atoms. The van der Waals surface area contributed by atoms with Crippen LogP contribution in [0.25, 0.3) is 0 Å². The number of benzene rings is 2. The van der Waals surface area contributed by atoms with Gasteiger partial charge in [-0.05, 0) is 81.0 Å². The Kier molecular flexibility index (Phi) is 6.84. The standard InChI is InChI=1S/C23H29ClN2O2/c1-16-13-21(14-17(2)22(16)24)28-18(3)23(27)25-15-19-7-9-20(10-8-19)26-11-5-4-6-12-26/h7-10,13-14,18H,4-6,11-12,15H2,1-3H3,(H,25,27). The lowest BCUT2D eigenvalue weighted by Gasteiger charge is -2.28. The van der Waals surface area contributed by atoms with E-state index in [1.807, 2.05) is 26.0 Å². The number of nitrogens with one attached hydrogen (secondary N) is 1. The van der Waals surface area contributed by atoms with Crippen molar-refractivity contribution in [3.63, 3.8) is 0 Å². The highest BCUT2D eigenvalue weighted by Crippen LogP contribution is 2.26. The highest BCUT2D eigenvalue weighted by atomic mass is 35.5. The second kappa shape index (κ2) is 9.33. The fraction of sp³-hybridized carbons (Fsp3) is 0.435. The first-order chi connectivity index (χ1) is 13.4. The molecule has 1 heterocycles. The second-order valence-electron chi connectivity index (χ2n) is 7.56. The molecule has 0 aromatic heterocycles. The fourth-order valence-corrected chi connectivity index (χ4v) is 3.65. The highest BCUT2D eigenvalue weighted by Gasteiger charge is 2.16. The third-order valence-electron chi connectivity index (χ3n) is 5.22. The number of halogens is 1. The number of rotatable bonds is 6. The van der Waals surface area contributed by atoms with Gasteiger partial charge in [-0.1, -0.05) is 23.7 Å². The van der Waals surface area contributed by atoms with Crippen molar-refractivity contribution in [1.82, 2.24) is 5.32 Å². The minimum Gasteiger partial charge on any atom is -0.481 e. The number of carbonyl (C=O) groups is 1. The zero-order valence-electron chi connectivity index (χ0n) is 16.9. The molecule has 28 heavy (non-hydrogen) atoms. The molecular weight excluding hydrogens is 372 g/mol. The van der Waals surface area contributed by atoms with Gasteiger partial charge >= 0.3 is 0 Å². The minimum absolute atomic E-state index is 0.134. The first-order valence-electron chi connectivity index (χ1n) is 9.99. The lowest BCUT2D eigenvalue weighted by atomic mass is 10.1. The monoisotopic (exact) mass is 400 g/mol. The van der Waals surface area contributed by atoms with Crippen molar-refractivity contribution in [3.8, 4) is 5.75 Å². The predicted molar refractivity (Wildman–Crippen MR) is 115 cm³/mol. The summed E-state index contributed by atoms with van der Waals surface area (Å²) in [6.45, 7) is 8.38. The number of hydrogen-bond acceptors (Lipinski definition) is 3. The Bertz CT molecular complexity index is 791. The van der Waals surface area contributed by atoms with Crippen LogP contribution in [0.3, 0.4) is 0 Å². The van der Waals surface area contributed by atoms with E-state index in [1.165, 1.54) is 24.9 Å². The molecular formula is C23H29ClN2O2. The van der Waals surface area contributed by atoms with Crippen molar-refractivity contribution in [2.24, 2.45) is 0 Å². The van der Waals surface area contributed by atoms with Crippen LogP contribution in [0.2, 0.25) is 5.02 Å². The maximum Gasteiger partial charge on any atom is 0.261 e. The maximum atomic E-state index is 12.4. The first-order valence-corrected chi connectivity index (χ1v) is 10.4. The van der Waals surface area contributed by atoms with Gasteiger partial charge < -0.3 is 15.0 Å². The second-order valence-corrected chi connectivity index (χ2v) is 7.94. The zero-order valence-corrected chi connectivity index (χ0v) is 17.7. The summed E-state index contributed by atoms with van der Waals surface area (Å²) in [6.07, 6.45) is 3.29. The molecule has 1 atom stereocenters. The van der Waals surface area contributed by atoms with Crippen LogP contribution < -0.4 is 15.0 Å². The largest absolute Gasteiger partial charge is 0.481 e. The van der Waals surface area contributed by atoms with Gasteiger partial charge in [0.05, 0.1) is 0 Å². The molecule has 1 N–H and O–H groups in total. The Labute approximate surface area is 172 Å². The molecule has 3 rings (SSSR count). The summed E-state index contributed by atoms with van der Waals surface area (Å²) < 4.78 is 5.80. The number of aryl methyl sites for hydroxylation is 2. The number of ether oxygens (including phenoxy) is 1. The van der Waals surface area contributed by atoms with Crippen LogP contribution >= 0.6 is 11.6 Å². The highest BCUT2D eigenvalue weighted by molar-refractivity contribution is 6.32. The Morgan fingerprint density at radius 2 is 1.71 bits per heavy atom. The molecule has 0 saturated carbocycles. The van der Waals surface area contributed by atoms with Crippen LogP contribution in [-0.2, 0) is 11.3 Å². The van der Waals surface area contributed by atoms with Crippen molar-refractivity contribution in [2.75, 3.05) is 18.0 Å². The van der Waals surface area contributed by atoms with E-state index in [9.17, 15) is 4.79 Å². The summed E-state index contributed by atoms with van der Waals surface area (Å²) in [5.41, 5.74) is 4.23. The van der Waals surface area contributed by atoms with Gasteiger partial charge in [-0.15, -0.1) is 0 Å². The van der Waals surface area contributed by atoms with Crippen LogP contribution in [0.15, 0.2) is 36.4 Å². The SMILES string of the molecule is Cc1cc(OC(C)C(=O)NCc2ccc(N3CCCCC3)cc2)cc(C)c1Cl. The molecule has 1 saturated heterocycles. The molecule has 2 aromatic carbocycles. The number of anilines is 1. The Balaban J connectivity index is 1.51. The normalized spacial score (nSPS) is 15.2. The molecule has 1 aliphatic heterocycles. The maximum absolute atomic E-state index is 12.4. The molecule has 4 nitrogen and oxygen atoms in total. The molecule has 2 aromatic rings. The van der Waals surface area contributed by atoms with Gasteiger partial charge in [-0.3, -0.25) is 4.79 Å². The molecule has 5 heteroatoms. The molecule has 0 radical (unpaired) electrons. The molecule has 1 fully saturated rings. The third-order valence-corrected chi connectivity index (χ3v) is 5.81. The average molecular weight is 401 g/mol. The zero-order chi connectivity index (χ0) is 20.1. The van der Waals surface area contributed by atoms with Crippen molar-refractivity contribution >= 4 is 23.2 Å². The van der Waals surface area contributed by atoms with E-state index in [0.717, 1.165) is 34.8 Å². The van der Waals surface area contributed by atoms with Crippen LogP contribution in [0.1, 0.15) is 42.9 Å². The van der Waals surface area contributed by atoms with Crippen molar-refractivity contribution in [2.45, 2.75) is 52.7 Å². The molecule has 1 amide bonds. The van der Waals surface area contributed by atoms with Crippen molar-refractivity contribution < 1.29 is 9.53 Å². The molecule has 1 aliphatic rings. The lowest BCUT2D eigenvalue weighted by molar-refractivity contribution is -0.127. The Hall–Kier alpha value is -2.20. The number of nitrogens with zero attached hydrogens (tertiary/aromatic N) is 1. The van der Waals surface area contributed by atoms with Gasteiger partial charge in [0.1, 0.15) is 5.75 Å². The number of carbonyl (C=O) groups excluding carboxylic acids is 1. The van der Waals surface area contributed by atoms with Crippen molar-refractivity contribution in [1.29, 1.82) is 0 Å². The van der Waals surface area contributed by atoms with Crippen LogP contribution in [0.5, 0.6) is 5.75 Å². The van der Waals surface area contributed by atoms with E-state index in [4.69, 9.17) is 16.3 Å². The topological polar surface area (TPSA) is 41.6 Å². The Morgan fingerprint density at radius 1 is 1.11 bits per heavy atom. The van der Waals surface area contributed by atoms with Crippen LogP contribution in [-0.4, -0.2) is 25.1 Å². The quantitative estimate of drug-likeness (QED) is 0.739. The van der Waals surface area contributed by atoms with Gasteiger partial charge in [0.2, 0.25) is 0 Å². The smallest absolute Gasteiger partial charge is 0.261 e. The van der Waals surface area contributed by atoms with Gasteiger partial charge in [0.25, 0.3) is 5.91 Å². The van der Waals surface area contributed by atoms with E-state index in [2.05, 4.69) is 34.5 Å². The van der Waals surface area contributed by atoms with E-state index < -0.39 is 6.10 Å². The third kappa shape index (κ3) is 5.20. The van der Waals surface area contributed by atoms with Gasteiger partial charge in [0, 0.05) is 30.3 Å². The molecule has 150 valence electrons. The van der Waals surface area contributed by atoms with Gasteiger partial charge in [0.15, 0.2) is 6.10 Å². The van der Waals surface area contributed by atoms with Crippen LogP contribution in [0.4, 0.5) is 5.69 Å². The number of piperidine rings is 1. The molecule has 0 bridgehead atoms. The molecule has 1 unspecified atom stereocenters. The van der Waals surface area contributed by atoms with Gasteiger partial charge in [-0.2, -0.15) is 0 Å². The number of hydrogen-bond donors (Lipinski definition) is 1. The van der Waals surface area contributed by atoms with E-state index in [0.29, 0.717) is 12.3 Å². The first kappa shape index (κ1) is 20.5. The summed E-state index contributed by atoms with van der Waals surface area (Å²) >= 11 is 6.19. The number of amides is 1. The van der Waals surface area contributed by atoms with E-state index >= 15 is 0 Å². The summed E-state index contributed by atoms with van der Waals surface area (Å²) in [5, 5.41) is 3.69. The summed E-state index contributed by atoms with van der Waals surface area (Å²) in [7, 11) is 0. The summed E-state index contributed by atoms with van der Waals surface area (Å²) in [5.74, 6) is 0.526. The van der Waals surface area contributed by atoms with Crippen molar-refractivity contribution in [3.05, 3.63) is 58.1 Å². The fourth-order valence-electron chi connectivity index (χ4n) is 3.54. The minimum atomic E-state index is -0.576. The lowest BCUT2D eigenvalue weighted by Crippen LogP contribution is -2.36. The average Bonchev–Trinajstić information content (AvgIpc) is 2.71. The van der Waals surface area contributed by atoms with E-state index in [-0.39, 0.29) is 5.91 Å². The van der Waals surface area contributed by atoms with Gasteiger partial charge in [-0.25, -0.2) is 0 Å². The van der Waals surface area contributed by atoms with E-state index in [1.54, 1.807) is 6.92 Å². The van der Waals surface area contributed by atoms with Crippen LogP contribution in [0, 0.1) is 13.8 Å². The predicted octanol–water partition coefficient (Wildman–Crippen LogP) is 5.03. The molecule has 0 aliphatic carbocycles. The Morgan fingerprint density at radius 3 is 2.32 bits per heavy atom.